The Morgan fingerprint density at radius 3 is 2.70 bits per heavy atom. The van der Waals surface area contributed by atoms with Crippen molar-refractivity contribution in [3.05, 3.63) is 63.5 Å². The van der Waals surface area contributed by atoms with Gasteiger partial charge in [0.15, 0.2) is 17.0 Å². The molecular formula is C22H20N2O5S. The second-order valence-corrected chi connectivity index (χ2v) is 7.93. The molecule has 7 nitrogen and oxygen atoms in total. The minimum absolute atomic E-state index is 0.0582. The molecule has 0 radical (unpaired) electrons. The number of nitrogens with zero attached hydrogens (tertiary/aromatic N) is 1. The number of carbonyl (C=O) groups is 1. The predicted octanol–water partition coefficient (Wildman–Crippen LogP) is 4.92. The summed E-state index contributed by atoms with van der Waals surface area (Å²) in [6.45, 7) is 5.62. The van der Waals surface area contributed by atoms with E-state index >= 15 is 0 Å². The van der Waals surface area contributed by atoms with Gasteiger partial charge in [-0.2, -0.15) is 0 Å². The van der Waals surface area contributed by atoms with Crippen molar-refractivity contribution in [2.24, 2.45) is 0 Å². The molecule has 4 rings (SSSR count). The van der Waals surface area contributed by atoms with Crippen molar-refractivity contribution < 1.29 is 18.4 Å². The monoisotopic (exact) mass is 424 g/mol. The van der Waals surface area contributed by atoms with Crippen molar-refractivity contribution in [3.8, 4) is 17.3 Å². The van der Waals surface area contributed by atoms with Crippen molar-refractivity contribution in [1.82, 2.24) is 4.98 Å². The molecule has 3 aromatic heterocycles. The maximum atomic E-state index is 13.2. The molecule has 1 unspecified atom stereocenters. The second-order valence-electron chi connectivity index (χ2n) is 6.73. The van der Waals surface area contributed by atoms with Gasteiger partial charge in [-0.3, -0.25) is 14.9 Å². The molecule has 30 heavy (non-hydrogen) atoms. The molecule has 0 fully saturated rings. The molecular weight excluding hydrogens is 404 g/mol. The maximum Gasteiger partial charge on any atom is 0.267 e. The highest BCUT2D eigenvalue weighted by molar-refractivity contribution is 7.15. The molecule has 4 aromatic rings. The number of anilines is 1. The van der Waals surface area contributed by atoms with Crippen LogP contribution < -0.4 is 15.5 Å². The first-order chi connectivity index (χ1) is 14.5. The summed E-state index contributed by atoms with van der Waals surface area (Å²) in [4.78, 5) is 31.3. The topological polar surface area (TPSA) is 94.6 Å². The van der Waals surface area contributed by atoms with Gasteiger partial charge in [0.05, 0.1) is 17.3 Å². The summed E-state index contributed by atoms with van der Waals surface area (Å²) in [6, 6.07) is 10.2. The Morgan fingerprint density at radius 1 is 1.23 bits per heavy atom. The summed E-state index contributed by atoms with van der Waals surface area (Å²) in [5, 5.41) is 3.63. The fourth-order valence-electron chi connectivity index (χ4n) is 2.98. The predicted molar refractivity (Wildman–Crippen MR) is 115 cm³/mol. The highest BCUT2D eigenvalue weighted by Crippen LogP contribution is 2.32. The molecule has 3 heterocycles. The van der Waals surface area contributed by atoms with Crippen LogP contribution in [-0.4, -0.2) is 17.0 Å². The van der Waals surface area contributed by atoms with Gasteiger partial charge in [-0.15, -0.1) is 11.3 Å². The lowest BCUT2D eigenvalue weighted by atomic mass is 10.2. The summed E-state index contributed by atoms with van der Waals surface area (Å²) in [5.41, 5.74) is 0.905. The van der Waals surface area contributed by atoms with Gasteiger partial charge < -0.3 is 13.6 Å². The molecule has 0 bridgehead atoms. The Morgan fingerprint density at radius 2 is 2.03 bits per heavy atom. The van der Waals surface area contributed by atoms with Crippen LogP contribution in [-0.2, 0) is 4.79 Å². The fourth-order valence-corrected chi connectivity index (χ4v) is 3.80. The summed E-state index contributed by atoms with van der Waals surface area (Å²) in [5.74, 6) is 0.0477. The molecule has 154 valence electrons. The van der Waals surface area contributed by atoms with E-state index < -0.39 is 6.10 Å². The van der Waals surface area contributed by atoms with Crippen molar-refractivity contribution >= 4 is 33.3 Å². The largest absolute Gasteiger partial charge is 0.473 e. The van der Waals surface area contributed by atoms with Gasteiger partial charge in [-0.1, -0.05) is 19.1 Å². The molecule has 0 saturated heterocycles. The summed E-state index contributed by atoms with van der Waals surface area (Å²) >= 11 is 1.39. The van der Waals surface area contributed by atoms with E-state index in [2.05, 4.69) is 10.3 Å². The van der Waals surface area contributed by atoms with Crippen LogP contribution in [0.1, 0.15) is 23.9 Å². The van der Waals surface area contributed by atoms with E-state index in [-0.39, 0.29) is 22.8 Å². The van der Waals surface area contributed by atoms with E-state index in [9.17, 15) is 9.59 Å². The van der Waals surface area contributed by atoms with E-state index in [1.54, 1.807) is 43.3 Å². The molecule has 0 aliphatic carbocycles. The molecule has 1 aromatic carbocycles. The minimum atomic E-state index is -0.910. The molecule has 0 saturated carbocycles. The maximum absolute atomic E-state index is 13.2. The highest BCUT2D eigenvalue weighted by Gasteiger charge is 2.26. The Hall–Kier alpha value is -3.39. The number of hydrogen-bond acceptors (Lipinski definition) is 7. The lowest BCUT2D eigenvalue weighted by Gasteiger charge is -2.17. The number of aryl methyl sites for hydroxylation is 2. The van der Waals surface area contributed by atoms with Crippen LogP contribution in [0.2, 0.25) is 0 Å². The molecule has 0 spiro atoms. The molecule has 1 N–H and O–H groups in total. The molecule has 0 aliphatic rings. The van der Waals surface area contributed by atoms with Crippen LogP contribution in [0.4, 0.5) is 5.13 Å². The molecule has 0 aliphatic heterocycles. The lowest BCUT2D eigenvalue weighted by Crippen LogP contribution is -2.34. The van der Waals surface area contributed by atoms with Crippen LogP contribution in [0.15, 0.2) is 56.3 Å². The smallest absolute Gasteiger partial charge is 0.267 e. The number of para-hydroxylation sites is 1. The Balaban J connectivity index is 1.72. The molecule has 8 heteroatoms. The zero-order valence-corrected chi connectivity index (χ0v) is 17.5. The van der Waals surface area contributed by atoms with Gasteiger partial charge in [0, 0.05) is 4.88 Å². The van der Waals surface area contributed by atoms with Gasteiger partial charge in [0.2, 0.25) is 16.9 Å². The first-order valence-corrected chi connectivity index (χ1v) is 10.3. The molecule has 1 atom stereocenters. The average Bonchev–Trinajstić information content (AvgIpc) is 3.37. The van der Waals surface area contributed by atoms with Gasteiger partial charge in [0.25, 0.3) is 5.91 Å². The van der Waals surface area contributed by atoms with Crippen molar-refractivity contribution in [1.29, 1.82) is 0 Å². The number of amides is 1. The quantitative estimate of drug-likeness (QED) is 0.472. The molecule has 1 amide bonds. The Labute approximate surface area is 176 Å². The van der Waals surface area contributed by atoms with E-state index in [1.165, 1.54) is 17.6 Å². The third-order valence-corrected chi connectivity index (χ3v) is 5.67. The van der Waals surface area contributed by atoms with Crippen molar-refractivity contribution in [2.45, 2.75) is 33.3 Å². The third-order valence-electron chi connectivity index (χ3n) is 4.68. The van der Waals surface area contributed by atoms with E-state index in [1.807, 2.05) is 13.8 Å². The number of rotatable bonds is 6. The zero-order valence-electron chi connectivity index (χ0n) is 16.7. The Bertz CT molecular complexity index is 1240. The van der Waals surface area contributed by atoms with Crippen LogP contribution in [0.5, 0.6) is 5.75 Å². The number of carbonyl (C=O) groups excluding carboxylic acids is 1. The van der Waals surface area contributed by atoms with Gasteiger partial charge in [-0.05, 0) is 44.5 Å². The number of ether oxygens (including phenoxy) is 1. The standard InChI is InChI=1S/C22H20N2O5S/c1-4-15(21(26)24-22-23-12(2)13(3)30-22)28-20-18(25)14-8-5-6-9-16(14)29-19(20)17-10-7-11-27-17/h5-11,15H,4H2,1-3H3,(H,23,24,26). The average molecular weight is 424 g/mol. The van der Waals surface area contributed by atoms with Gasteiger partial charge >= 0.3 is 0 Å². The number of nitrogens with one attached hydrogen (secondary N) is 1. The second kappa shape index (κ2) is 8.16. The number of furan rings is 1. The normalized spacial score (nSPS) is 12.1. The van der Waals surface area contributed by atoms with Crippen LogP contribution >= 0.6 is 11.3 Å². The fraction of sp³-hybridized carbons (Fsp3) is 0.227. The zero-order chi connectivity index (χ0) is 21.3. The van der Waals surface area contributed by atoms with Crippen LogP contribution in [0.3, 0.4) is 0 Å². The van der Waals surface area contributed by atoms with Crippen molar-refractivity contribution in [3.63, 3.8) is 0 Å². The number of hydrogen-bond donors (Lipinski definition) is 1. The van der Waals surface area contributed by atoms with Crippen LogP contribution in [0.25, 0.3) is 22.5 Å². The first-order valence-electron chi connectivity index (χ1n) is 9.49. The Kier molecular flexibility index (Phi) is 5.41. The number of fused-ring (bicyclic) bond motifs is 1. The third kappa shape index (κ3) is 3.73. The minimum Gasteiger partial charge on any atom is -0.473 e. The lowest BCUT2D eigenvalue weighted by molar-refractivity contribution is -0.122. The van der Waals surface area contributed by atoms with Gasteiger partial charge in [0.1, 0.15) is 5.58 Å². The van der Waals surface area contributed by atoms with E-state index in [4.69, 9.17) is 13.6 Å². The van der Waals surface area contributed by atoms with Crippen LogP contribution in [0, 0.1) is 13.8 Å². The number of aromatic nitrogens is 1. The highest BCUT2D eigenvalue weighted by atomic mass is 32.1. The number of benzene rings is 1. The summed E-state index contributed by atoms with van der Waals surface area (Å²) < 4.78 is 17.3. The number of thiazole rings is 1. The SMILES string of the molecule is CCC(Oc1c(-c2ccco2)oc2ccccc2c1=O)C(=O)Nc1nc(C)c(C)s1. The summed E-state index contributed by atoms with van der Waals surface area (Å²) in [6.07, 6.45) is 0.914. The van der Waals surface area contributed by atoms with Gasteiger partial charge in [-0.25, -0.2) is 4.98 Å². The first kappa shape index (κ1) is 19.9. The summed E-state index contributed by atoms with van der Waals surface area (Å²) in [7, 11) is 0. The van der Waals surface area contributed by atoms with Crippen molar-refractivity contribution in [2.75, 3.05) is 5.32 Å². The van der Waals surface area contributed by atoms with E-state index in [0.29, 0.717) is 28.3 Å². The van der Waals surface area contributed by atoms with E-state index in [0.717, 1.165) is 10.6 Å².